The lowest BCUT2D eigenvalue weighted by atomic mass is 10.1. The molecule has 0 radical (unpaired) electrons. The number of piperazine rings is 1. The van der Waals surface area contributed by atoms with Crippen molar-refractivity contribution in [2.24, 2.45) is 0 Å². The van der Waals surface area contributed by atoms with Crippen LogP contribution < -0.4 is 10.1 Å². The number of hydrogen-bond donors (Lipinski definition) is 1. The van der Waals surface area contributed by atoms with Gasteiger partial charge in [-0.15, -0.1) is 0 Å². The van der Waals surface area contributed by atoms with Gasteiger partial charge in [0.05, 0.1) is 31.3 Å². The minimum Gasteiger partial charge on any atom is -0.497 e. The number of fused-ring (bicyclic) bond motifs is 1. The van der Waals surface area contributed by atoms with Crippen LogP contribution in [-0.4, -0.2) is 89.4 Å². The third-order valence-electron chi connectivity index (χ3n) is 6.38. The number of nitrogens with one attached hydrogen (secondary N) is 1. The molecule has 3 amide bonds. The molecule has 0 saturated carbocycles. The van der Waals surface area contributed by atoms with Crippen LogP contribution in [0.3, 0.4) is 0 Å². The van der Waals surface area contributed by atoms with Crippen molar-refractivity contribution in [1.82, 2.24) is 24.8 Å². The van der Waals surface area contributed by atoms with Gasteiger partial charge in [0.15, 0.2) is 0 Å². The van der Waals surface area contributed by atoms with Gasteiger partial charge in [0.2, 0.25) is 17.6 Å². The van der Waals surface area contributed by atoms with E-state index in [1.54, 1.807) is 25.3 Å². The molecule has 186 valence electrons. The first kappa shape index (κ1) is 23.6. The fourth-order valence-corrected chi connectivity index (χ4v) is 4.32. The topological polar surface area (TPSA) is 121 Å². The first-order valence-electron chi connectivity index (χ1n) is 11.6. The van der Waals surface area contributed by atoms with Crippen molar-refractivity contribution in [3.05, 3.63) is 59.5 Å². The first-order valence-corrected chi connectivity index (χ1v) is 11.6. The molecule has 11 heteroatoms. The lowest BCUT2D eigenvalue weighted by molar-refractivity contribution is -0.117. The number of methoxy groups -OCH3 is 1. The summed E-state index contributed by atoms with van der Waals surface area (Å²) in [6.07, 6.45) is 0. The molecule has 11 nitrogen and oxygen atoms in total. The average molecular weight is 491 g/mol. The Balaban J connectivity index is 1.10. The lowest BCUT2D eigenvalue weighted by Crippen LogP contribution is -2.48. The van der Waals surface area contributed by atoms with E-state index in [2.05, 4.69) is 25.3 Å². The van der Waals surface area contributed by atoms with E-state index in [9.17, 15) is 14.4 Å². The number of amides is 3. The molecule has 0 aliphatic carbocycles. The molecule has 5 rings (SSSR count). The molecule has 2 aliphatic heterocycles. The second-order valence-electron chi connectivity index (χ2n) is 8.77. The van der Waals surface area contributed by atoms with Gasteiger partial charge in [-0.3, -0.25) is 29.1 Å². The summed E-state index contributed by atoms with van der Waals surface area (Å²) in [6.45, 7) is 3.73. The predicted octanol–water partition coefficient (Wildman–Crippen LogP) is 1.73. The van der Waals surface area contributed by atoms with Crippen LogP contribution in [0.5, 0.6) is 5.75 Å². The molecule has 0 atom stereocenters. The molecule has 1 fully saturated rings. The third-order valence-corrected chi connectivity index (χ3v) is 6.38. The van der Waals surface area contributed by atoms with Crippen LogP contribution in [0.2, 0.25) is 0 Å². The van der Waals surface area contributed by atoms with Crippen molar-refractivity contribution in [3.8, 4) is 17.1 Å². The number of carbonyl (C=O) groups excluding carboxylic acids is 3. The minimum atomic E-state index is -0.361. The lowest BCUT2D eigenvalue weighted by Gasteiger charge is -2.33. The van der Waals surface area contributed by atoms with Crippen LogP contribution in [0, 0.1) is 0 Å². The molecule has 1 N–H and O–H groups in total. The van der Waals surface area contributed by atoms with Gasteiger partial charge in [-0.1, -0.05) is 5.16 Å². The quantitative estimate of drug-likeness (QED) is 0.494. The van der Waals surface area contributed by atoms with E-state index in [-0.39, 0.29) is 24.3 Å². The number of anilines is 1. The van der Waals surface area contributed by atoms with Crippen LogP contribution in [0.4, 0.5) is 5.69 Å². The van der Waals surface area contributed by atoms with Crippen molar-refractivity contribution in [3.63, 3.8) is 0 Å². The van der Waals surface area contributed by atoms with Gasteiger partial charge < -0.3 is 14.6 Å². The van der Waals surface area contributed by atoms with Gasteiger partial charge >= 0.3 is 0 Å². The summed E-state index contributed by atoms with van der Waals surface area (Å²) in [5.74, 6) is 0.979. The van der Waals surface area contributed by atoms with Crippen LogP contribution in [-0.2, 0) is 11.3 Å². The summed E-state index contributed by atoms with van der Waals surface area (Å²) >= 11 is 0. The van der Waals surface area contributed by atoms with Gasteiger partial charge in [-0.25, -0.2) is 0 Å². The Bertz CT molecular complexity index is 1300. The molecule has 0 bridgehead atoms. The summed E-state index contributed by atoms with van der Waals surface area (Å²) in [7, 11) is 3.06. The molecule has 0 unspecified atom stereocenters. The fourth-order valence-electron chi connectivity index (χ4n) is 4.32. The van der Waals surface area contributed by atoms with E-state index in [1.807, 2.05) is 24.3 Å². The highest BCUT2D eigenvalue weighted by Crippen LogP contribution is 2.25. The normalized spacial score (nSPS) is 16.3. The molecule has 2 aromatic carbocycles. The Hall–Kier alpha value is -4.09. The number of ether oxygens (including phenoxy) is 1. The zero-order valence-corrected chi connectivity index (χ0v) is 20.1. The van der Waals surface area contributed by atoms with E-state index < -0.39 is 0 Å². The number of imide groups is 1. The van der Waals surface area contributed by atoms with E-state index in [0.29, 0.717) is 35.1 Å². The third kappa shape index (κ3) is 4.83. The van der Waals surface area contributed by atoms with Gasteiger partial charge in [0.25, 0.3) is 11.8 Å². The number of benzene rings is 2. The second-order valence-corrected chi connectivity index (χ2v) is 8.77. The van der Waals surface area contributed by atoms with Gasteiger partial charge in [-0.05, 0) is 42.5 Å². The molecule has 3 aromatic rings. The van der Waals surface area contributed by atoms with E-state index in [0.717, 1.165) is 42.4 Å². The summed E-state index contributed by atoms with van der Waals surface area (Å²) < 4.78 is 10.6. The maximum Gasteiger partial charge on any atom is 0.261 e. The van der Waals surface area contributed by atoms with Crippen LogP contribution in [0.15, 0.2) is 47.0 Å². The maximum absolute atomic E-state index is 12.6. The summed E-state index contributed by atoms with van der Waals surface area (Å²) in [6, 6.07) is 12.2. The number of rotatable bonds is 7. The molecular formula is C25H26N6O5. The molecule has 36 heavy (non-hydrogen) atoms. The van der Waals surface area contributed by atoms with Crippen LogP contribution >= 0.6 is 0 Å². The van der Waals surface area contributed by atoms with Crippen molar-refractivity contribution in [2.45, 2.75) is 6.54 Å². The van der Waals surface area contributed by atoms with Crippen molar-refractivity contribution < 1.29 is 23.6 Å². The van der Waals surface area contributed by atoms with Crippen LogP contribution in [0.25, 0.3) is 11.4 Å². The Morgan fingerprint density at radius 1 is 1.00 bits per heavy atom. The molecule has 1 saturated heterocycles. The van der Waals surface area contributed by atoms with Gasteiger partial charge in [0.1, 0.15) is 5.75 Å². The van der Waals surface area contributed by atoms with Crippen molar-refractivity contribution in [1.29, 1.82) is 0 Å². The predicted molar refractivity (Wildman–Crippen MR) is 129 cm³/mol. The highest BCUT2D eigenvalue weighted by molar-refractivity contribution is 6.21. The van der Waals surface area contributed by atoms with Gasteiger partial charge in [-0.2, -0.15) is 4.98 Å². The van der Waals surface area contributed by atoms with E-state index >= 15 is 0 Å². The smallest absolute Gasteiger partial charge is 0.261 e. The molecule has 0 spiro atoms. The fraction of sp³-hybridized carbons (Fsp3) is 0.320. The van der Waals surface area contributed by atoms with Crippen molar-refractivity contribution >= 4 is 23.4 Å². The largest absolute Gasteiger partial charge is 0.497 e. The summed E-state index contributed by atoms with van der Waals surface area (Å²) in [5, 5.41) is 6.91. The van der Waals surface area contributed by atoms with Crippen molar-refractivity contribution in [2.75, 3.05) is 52.2 Å². The zero-order chi connectivity index (χ0) is 25.2. The molecule has 1 aromatic heterocycles. The minimum absolute atomic E-state index is 0.172. The first-order chi connectivity index (χ1) is 17.4. The number of aromatic nitrogens is 2. The molecule has 2 aliphatic rings. The highest BCUT2D eigenvalue weighted by atomic mass is 16.5. The Morgan fingerprint density at radius 2 is 1.69 bits per heavy atom. The monoisotopic (exact) mass is 490 g/mol. The average Bonchev–Trinajstić information content (AvgIpc) is 3.44. The standard InChI is InChI=1S/C25H26N6O5/c1-29-24(33)19-8-5-17(13-20(19)25(29)34)26-21(32)14-30-9-11-31(12-10-30)15-22-27-23(28-36-22)16-3-6-18(35-2)7-4-16/h3-8,13H,9-12,14-15H2,1-2H3,(H,26,32). The number of nitrogens with zero attached hydrogens (tertiary/aromatic N) is 5. The Labute approximate surface area is 207 Å². The van der Waals surface area contributed by atoms with E-state index in [4.69, 9.17) is 9.26 Å². The zero-order valence-electron chi connectivity index (χ0n) is 20.1. The van der Waals surface area contributed by atoms with Gasteiger partial charge in [0, 0.05) is 44.5 Å². The SMILES string of the molecule is COc1ccc(-c2noc(CN3CCN(CC(=O)Nc4ccc5c(c4)C(=O)N(C)C5=O)CC3)n2)cc1. The summed E-state index contributed by atoms with van der Waals surface area (Å²) in [4.78, 5) is 46.6. The number of carbonyl (C=O) groups is 3. The molecule has 3 heterocycles. The maximum atomic E-state index is 12.6. The second kappa shape index (κ2) is 9.88. The van der Waals surface area contributed by atoms with Crippen LogP contribution in [0.1, 0.15) is 26.6 Å². The Kier molecular flexibility index (Phi) is 6.49. The van der Waals surface area contributed by atoms with E-state index in [1.165, 1.54) is 7.05 Å². The Morgan fingerprint density at radius 3 is 2.42 bits per heavy atom. The highest BCUT2D eigenvalue weighted by Gasteiger charge is 2.32. The number of hydrogen-bond acceptors (Lipinski definition) is 9. The molecular weight excluding hydrogens is 464 g/mol. The summed E-state index contributed by atoms with van der Waals surface area (Å²) in [5.41, 5.74) is 2.02.